The van der Waals surface area contributed by atoms with Crippen molar-refractivity contribution in [3.05, 3.63) is 70.3 Å². The highest BCUT2D eigenvalue weighted by molar-refractivity contribution is 5.84. The van der Waals surface area contributed by atoms with Gasteiger partial charge in [0, 0.05) is 63.2 Å². The number of fused-ring (bicyclic) bond motifs is 1. The van der Waals surface area contributed by atoms with Crippen LogP contribution in [0.15, 0.2) is 53.6 Å². The summed E-state index contributed by atoms with van der Waals surface area (Å²) in [6.45, 7) is 2.24. The first-order valence-electron chi connectivity index (χ1n) is 12.9. The van der Waals surface area contributed by atoms with Gasteiger partial charge >= 0.3 is 6.61 Å². The van der Waals surface area contributed by atoms with E-state index in [2.05, 4.69) is 9.97 Å². The van der Waals surface area contributed by atoms with Crippen LogP contribution >= 0.6 is 0 Å². The highest BCUT2D eigenvalue weighted by Gasteiger charge is 2.26. The number of piperazine rings is 1. The highest BCUT2D eigenvalue weighted by atomic mass is 19.3. The van der Waals surface area contributed by atoms with Crippen LogP contribution in [0.5, 0.6) is 5.75 Å². The van der Waals surface area contributed by atoms with Crippen LogP contribution in [-0.2, 0) is 25.0 Å². The van der Waals surface area contributed by atoms with E-state index in [1.807, 2.05) is 28.9 Å². The molecule has 0 spiro atoms. The molecular weight excluding hydrogens is 522 g/mol. The first-order valence-corrected chi connectivity index (χ1v) is 12.9. The molecule has 1 atom stereocenters. The molecule has 0 aliphatic carbocycles. The number of amides is 1. The standard InChI is InChI=1S/C28H30F2N6O4/c1-17-14-34(8-9-35(17)18(2)38)28-31-12-22(13-32-28)20-5-6-23-24(11-20)36(33(3)26(23)39)15-21-10-19(16-37)4-7-25(21)40-27(29)30/h4-7,10-13,17,27,37H,8-9,14-16H2,1-3H3. The van der Waals surface area contributed by atoms with E-state index in [0.717, 1.165) is 11.1 Å². The first kappa shape index (κ1) is 27.3. The molecule has 0 bridgehead atoms. The lowest BCUT2D eigenvalue weighted by Gasteiger charge is -2.39. The maximum Gasteiger partial charge on any atom is 0.387 e. The largest absolute Gasteiger partial charge is 0.434 e. The fourth-order valence-electron chi connectivity index (χ4n) is 5.21. The summed E-state index contributed by atoms with van der Waals surface area (Å²) < 4.78 is 33.9. The van der Waals surface area contributed by atoms with Crippen molar-refractivity contribution < 1.29 is 23.4 Å². The Balaban J connectivity index is 1.46. The fraction of sp³-hybridized carbons (Fsp3) is 0.357. The van der Waals surface area contributed by atoms with Crippen LogP contribution in [0.3, 0.4) is 0 Å². The van der Waals surface area contributed by atoms with E-state index in [1.54, 1.807) is 43.2 Å². The number of carbonyl (C=O) groups is 1. The molecule has 1 aliphatic heterocycles. The molecule has 1 saturated heterocycles. The van der Waals surface area contributed by atoms with Gasteiger partial charge in [-0.2, -0.15) is 8.78 Å². The molecule has 1 fully saturated rings. The summed E-state index contributed by atoms with van der Waals surface area (Å²) in [4.78, 5) is 37.8. The minimum Gasteiger partial charge on any atom is -0.434 e. The van der Waals surface area contributed by atoms with Crippen molar-refractivity contribution in [1.29, 1.82) is 0 Å². The van der Waals surface area contributed by atoms with Gasteiger partial charge in [0.15, 0.2) is 0 Å². The predicted molar refractivity (Wildman–Crippen MR) is 145 cm³/mol. The zero-order valence-corrected chi connectivity index (χ0v) is 22.4. The zero-order valence-electron chi connectivity index (χ0n) is 22.4. The minimum absolute atomic E-state index is 0.0277. The Morgan fingerprint density at radius 1 is 1.12 bits per heavy atom. The fourth-order valence-corrected chi connectivity index (χ4v) is 5.21. The van der Waals surface area contributed by atoms with Crippen LogP contribution in [0.4, 0.5) is 14.7 Å². The van der Waals surface area contributed by atoms with Crippen molar-refractivity contribution in [3.63, 3.8) is 0 Å². The van der Waals surface area contributed by atoms with Gasteiger partial charge in [-0.1, -0.05) is 12.1 Å². The molecule has 1 amide bonds. The molecular formula is C28H30F2N6O4. The van der Waals surface area contributed by atoms with Crippen LogP contribution in [-0.4, -0.2) is 67.5 Å². The van der Waals surface area contributed by atoms with E-state index >= 15 is 0 Å². The van der Waals surface area contributed by atoms with Crippen molar-refractivity contribution >= 4 is 22.8 Å². The Morgan fingerprint density at radius 2 is 1.88 bits per heavy atom. The third-order valence-corrected chi connectivity index (χ3v) is 7.29. The number of hydrogen-bond donors (Lipinski definition) is 1. The van der Waals surface area contributed by atoms with E-state index in [4.69, 9.17) is 4.74 Å². The minimum atomic E-state index is -3.01. The summed E-state index contributed by atoms with van der Waals surface area (Å²) in [7, 11) is 1.61. The number of anilines is 1. The summed E-state index contributed by atoms with van der Waals surface area (Å²) >= 11 is 0. The second kappa shape index (κ2) is 11.0. The molecule has 12 heteroatoms. The van der Waals surface area contributed by atoms with E-state index in [0.29, 0.717) is 47.6 Å². The molecule has 210 valence electrons. The van der Waals surface area contributed by atoms with E-state index in [1.165, 1.54) is 16.8 Å². The Kier molecular flexibility index (Phi) is 7.53. The van der Waals surface area contributed by atoms with Gasteiger partial charge in [0.25, 0.3) is 5.56 Å². The van der Waals surface area contributed by atoms with Crippen molar-refractivity contribution in [1.82, 2.24) is 24.2 Å². The third kappa shape index (κ3) is 5.26. The summed E-state index contributed by atoms with van der Waals surface area (Å²) in [6.07, 6.45) is 3.44. The zero-order chi connectivity index (χ0) is 28.6. The van der Waals surface area contributed by atoms with E-state index in [-0.39, 0.29) is 36.4 Å². The first-order chi connectivity index (χ1) is 19.2. The summed E-state index contributed by atoms with van der Waals surface area (Å²) in [5.41, 5.74) is 2.82. The molecule has 0 saturated carbocycles. The molecule has 1 aliphatic rings. The predicted octanol–water partition coefficient (Wildman–Crippen LogP) is 3.00. The van der Waals surface area contributed by atoms with Gasteiger partial charge < -0.3 is 19.6 Å². The summed E-state index contributed by atoms with van der Waals surface area (Å²) in [6, 6.07) is 9.92. The number of aliphatic hydroxyl groups is 1. The number of alkyl halides is 2. The number of benzene rings is 2. The van der Waals surface area contributed by atoms with E-state index < -0.39 is 6.61 Å². The molecule has 4 aromatic rings. The van der Waals surface area contributed by atoms with Crippen LogP contribution in [0.1, 0.15) is 25.0 Å². The number of rotatable bonds is 7. The molecule has 10 nitrogen and oxygen atoms in total. The van der Waals surface area contributed by atoms with Gasteiger partial charge in [-0.3, -0.25) is 19.0 Å². The van der Waals surface area contributed by atoms with Crippen molar-refractivity contribution in [2.75, 3.05) is 24.5 Å². The monoisotopic (exact) mass is 552 g/mol. The molecule has 1 N–H and O–H groups in total. The summed E-state index contributed by atoms with van der Waals surface area (Å²) in [5, 5.41) is 10.0. The van der Waals surface area contributed by atoms with Gasteiger partial charge in [-0.15, -0.1) is 0 Å². The second-order valence-corrected chi connectivity index (χ2v) is 9.88. The Hall–Kier alpha value is -4.32. The number of halogens is 2. The molecule has 2 aromatic heterocycles. The molecule has 40 heavy (non-hydrogen) atoms. The average Bonchev–Trinajstić information content (AvgIpc) is 3.17. The van der Waals surface area contributed by atoms with Gasteiger partial charge in [-0.05, 0) is 42.3 Å². The maximum absolute atomic E-state index is 13.1. The Morgan fingerprint density at radius 3 is 2.52 bits per heavy atom. The maximum atomic E-state index is 13.1. The Labute approximate surface area is 229 Å². The van der Waals surface area contributed by atoms with Gasteiger partial charge in [0.05, 0.1) is 24.1 Å². The van der Waals surface area contributed by atoms with Gasteiger partial charge in [0.1, 0.15) is 5.75 Å². The number of ether oxygens (including phenoxy) is 1. The van der Waals surface area contributed by atoms with Crippen LogP contribution in [0.25, 0.3) is 22.0 Å². The summed E-state index contributed by atoms with van der Waals surface area (Å²) in [5.74, 6) is 0.601. The topological polar surface area (TPSA) is 106 Å². The van der Waals surface area contributed by atoms with Crippen LogP contribution in [0, 0.1) is 0 Å². The second-order valence-electron chi connectivity index (χ2n) is 9.88. The molecule has 3 heterocycles. The number of aliphatic hydroxyl groups excluding tert-OH is 1. The smallest absolute Gasteiger partial charge is 0.387 e. The normalized spacial score (nSPS) is 15.7. The number of nitrogens with zero attached hydrogens (tertiary/aromatic N) is 6. The van der Waals surface area contributed by atoms with Crippen molar-refractivity contribution in [2.45, 2.75) is 39.7 Å². The number of hydrogen-bond acceptors (Lipinski definition) is 7. The lowest BCUT2D eigenvalue weighted by atomic mass is 10.1. The molecule has 1 unspecified atom stereocenters. The van der Waals surface area contributed by atoms with Crippen LogP contribution < -0.4 is 15.2 Å². The molecule has 0 radical (unpaired) electrons. The van der Waals surface area contributed by atoms with Gasteiger partial charge in [-0.25, -0.2) is 9.97 Å². The number of aromatic nitrogens is 4. The highest BCUT2D eigenvalue weighted by Crippen LogP contribution is 2.27. The van der Waals surface area contributed by atoms with Crippen molar-refractivity contribution in [2.24, 2.45) is 7.05 Å². The van der Waals surface area contributed by atoms with Crippen LogP contribution in [0.2, 0.25) is 0 Å². The lowest BCUT2D eigenvalue weighted by molar-refractivity contribution is -0.131. The molecule has 2 aromatic carbocycles. The SMILES string of the molecule is CC(=O)N1CCN(c2ncc(-c3ccc4c(=O)n(C)n(Cc5cc(CO)ccc5OC(F)F)c4c3)cn2)CC1C. The number of carbonyl (C=O) groups excluding carboxylic acids is 1. The lowest BCUT2D eigenvalue weighted by Crippen LogP contribution is -2.53. The van der Waals surface area contributed by atoms with Crippen molar-refractivity contribution in [3.8, 4) is 16.9 Å². The quantitative estimate of drug-likeness (QED) is 0.376. The average molecular weight is 553 g/mol. The van der Waals surface area contributed by atoms with E-state index in [9.17, 15) is 23.5 Å². The van der Waals surface area contributed by atoms with Gasteiger partial charge in [0.2, 0.25) is 11.9 Å². The third-order valence-electron chi connectivity index (χ3n) is 7.29. The Bertz CT molecular complexity index is 1600. The molecule has 5 rings (SSSR count).